The summed E-state index contributed by atoms with van der Waals surface area (Å²) >= 11 is 0. The zero-order valence-electron chi connectivity index (χ0n) is 20.0. The fourth-order valence-corrected chi connectivity index (χ4v) is 3.87. The van der Waals surface area contributed by atoms with Crippen molar-refractivity contribution in [3.63, 3.8) is 0 Å². The molecule has 0 aliphatic heterocycles. The van der Waals surface area contributed by atoms with Crippen LogP contribution in [0.1, 0.15) is 37.4 Å². The molecule has 6 nitrogen and oxygen atoms in total. The first-order chi connectivity index (χ1) is 17.2. The van der Waals surface area contributed by atoms with E-state index in [1.54, 1.807) is 24.5 Å². The smallest absolute Gasteiger partial charge is 0.339 e. The van der Waals surface area contributed by atoms with E-state index in [-0.39, 0.29) is 24.3 Å². The van der Waals surface area contributed by atoms with Gasteiger partial charge in [0.25, 0.3) is 0 Å². The standard InChI is InChI=1S/C27H28F3N5O/c1-18(2)12-24(26(36)34-23(14-31)13-19-6-4-3-5-7-19)35-25(27(28,29)30)21-10-8-20(9-11-21)22-15-32-17-33-16-22/h3-11,15-18,23-25,35H,12-13H2,1-2H3,(H,34,36)/t23-,24-,25-/m0/s1. The molecule has 9 heteroatoms. The SMILES string of the molecule is CC(C)C[C@H](N[C@@H](c1ccc(-c2cncnc2)cc1)C(F)(F)F)C(=O)N[C@H](C#N)Cc1ccccc1. The lowest BCUT2D eigenvalue weighted by atomic mass is 9.97. The van der Waals surface area contributed by atoms with Gasteiger partial charge in [0.05, 0.1) is 12.1 Å². The van der Waals surface area contributed by atoms with E-state index in [0.717, 1.165) is 5.56 Å². The van der Waals surface area contributed by atoms with Crippen molar-refractivity contribution in [1.82, 2.24) is 20.6 Å². The van der Waals surface area contributed by atoms with Crippen molar-refractivity contribution in [3.05, 3.63) is 84.4 Å². The number of halogens is 3. The number of nitrogens with zero attached hydrogens (tertiary/aromatic N) is 3. The average molecular weight is 496 g/mol. The van der Waals surface area contributed by atoms with Gasteiger partial charge in [-0.15, -0.1) is 0 Å². The number of hydrogen-bond donors (Lipinski definition) is 2. The number of aromatic nitrogens is 2. The number of carbonyl (C=O) groups excluding carboxylic acids is 1. The first-order valence-corrected chi connectivity index (χ1v) is 11.6. The molecule has 1 amide bonds. The van der Waals surface area contributed by atoms with Crippen molar-refractivity contribution in [2.75, 3.05) is 0 Å². The summed E-state index contributed by atoms with van der Waals surface area (Å²) in [6.07, 6.45) is 0.299. The van der Waals surface area contributed by atoms with Gasteiger partial charge in [0, 0.05) is 24.4 Å². The van der Waals surface area contributed by atoms with E-state index in [1.165, 1.54) is 18.5 Å². The van der Waals surface area contributed by atoms with Gasteiger partial charge in [-0.05, 0) is 29.0 Å². The van der Waals surface area contributed by atoms with Crippen LogP contribution in [-0.2, 0) is 11.2 Å². The monoisotopic (exact) mass is 495 g/mol. The van der Waals surface area contributed by atoms with E-state index < -0.39 is 30.2 Å². The topological polar surface area (TPSA) is 90.7 Å². The van der Waals surface area contributed by atoms with Crippen LogP contribution in [0.25, 0.3) is 11.1 Å². The Morgan fingerprint density at radius 1 is 1.00 bits per heavy atom. The molecule has 2 N–H and O–H groups in total. The number of carbonyl (C=O) groups is 1. The molecular formula is C27H28F3N5O. The van der Waals surface area contributed by atoms with Gasteiger partial charge in [-0.25, -0.2) is 9.97 Å². The summed E-state index contributed by atoms with van der Waals surface area (Å²) in [4.78, 5) is 20.9. The van der Waals surface area contributed by atoms with E-state index in [1.807, 2.05) is 50.2 Å². The van der Waals surface area contributed by atoms with Crippen molar-refractivity contribution in [2.24, 2.45) is 5.92 Å². The molecule has 0 saturated heterocycles. The van der Waals surface area contributed by atoms with Gasteiger partial charge in [0.15, 0.2) is 0 Å². The Labute approximate surface area is 208 Å². The van der Waals surface area contributed by atoms with Crippen LogP contribution in [0.5, 0.6) is 0 Å². The molecule has 0 radical (unpaired) electrons. The highest BCUT2D eigenvalue weighted by molar-refractivity contribution is 5.82. The molecule has 188 valence electrons. The number of nitriles is 1. The van der Waals surface area contributed by atoms with Crippen LogP contribution in [0.3, 0.4) is 0 Å². The number of nitrogens with one attached hydrogen (secondary N) is 2. The quantitative estimate of drug-likeness (QED) is 0.413. The molecular weight excluding hydrogens is 467 g/mol. The predicted molar refractivity (Wildman–Crippen MR) is 130 cm³/mol. The van der Waals surface area contributed by atoms with Crippen molar-refractivity contribution in [1.29, 1.82) is 5.26 Å². The molecule has 1 heterocycles. The highest BCUT2D eigenvalue weighted by Gasteiger charge is 2.43. The Hall–Kier alpha value is -3.77. The summed E-state index contributed by atoms with van der Waals surface area (Å²) in [5.41, 5.74) is 2.17. The summed E-state index contributed by atoms with van der Waals surface area (Å²) in [5, 5.41) is 14.7. The molecule has 3 aromatic rings. The third kappa shape index (κ3) is 7.62. The molecule has 1 aromatic heterocycles. The fourth-order valence-electron chi connectivity index (χ4n) is 3.87. The molecule has 0 aliphatic rings. The summed E-state index contributed by atoms with van der Waals surface area (Å²) in [7, 11) is 0. The predicted octanol–water partition coefficient (Wildman–Crippen LogP) is 5.00. The van der Waals surface area contributed by atoms with Crippen molar-refractivity contribution < 1.29 is 18.0 Å². The molecule has 36 heavy (non-hydrogen) atoms. The molecule has 0 spiro atoms. The Bertz CT molecular complexity index is 1150. The van der Waals surface area contributed by atoms with Gasteiger partial charge in [0.2, 0.25) is 5.91 Å². The average Bonchev–Trinajstić information content (AvgIpc) is 2.86. The largest absolute Gasteiger partial charge is 0.407 e. The Balaban J connectivity index is 1.80. The maximum atomic E-state index is 14.1. The molecule has 0 unspecified atom stereocenters. The Kier molecular flexibility index (Phi) is 9.14. The Morgan fingerprint density at radius 3 is 2.19 bits per heavy atom. The van der Waals surface area contributed by atoms with Crippen molar-refractivity contribution in [2.45, 2.75) is 51.0 Å². The van der Waals surface area contributed by atoms with Crippen LogP contribution in [0, 0.1) is 17.2 Å². The van der Waals surface area contributed by atoms with Gasteiger partial charge in [0.1, 0.15) is 18.4 Å². The van der Waals surface area contributed by atoms with E-state index >= 15 is 0 Å². The van der Waals surface area contributed by atoms with Crippen LogP contribution in [0.15, 0.2) is 73.3 Å². The number of benzene rings is 2. The molecule has 0 bridgehead atoms. The highest BCUT2D eigenvalue weighted by Crippen LogP contribution is 2.34. The number of hydrogen-bond acceptors (Lipinski definition) is 5. The first-order valence-electron chi connectivity index (χ1n) is 11.6. The van der Waals surface area contributed by atoms with Crippen LogP contribution < -0.4 is 10.6 Å². The zero-order valence-corrected chi connectivity index (χ0v) is 20.0. The second-order valence-corrected chi connectivity index (χ2v) is 8.95. The minimum atomic E-state index is -4.65. The second kappa shape index (κ2) is 12.3. The lowest BCUT2D eigenvalue weighted by Gasteiger charge is -2.29. The molecule has 2 aromatic carbocycles. The molecule has 0 saturated carbocycles. The summed E-state index contributed by atoms with van der Waals surface area (Å²) in [6, 6.07) is 13.0. The summed E-state index contributed by atoms with van der Waals surface area (Å²) in [6.45, 7) is 3.65. The van der Waals surface area contributed by atoms with Crippen molar-refractivity contribution >= 4 is 5.91 Å². The second-order valence-electron chi connectivity index (χ2n) is 8.95. The normalized spacial score (nSPS) is 14.0. The maximum Gasteiger partial charge on any atom is 0.407 e. The fraction of sp³-hybridized carbons (Fsp3) is 0.333. The molecule has 3 rings (SSSR count). The molecule has 0 aliphatic carbocycles. The minimum Gasteiger partial charge on any atom is -0.339 e. The third-order valence-electron chi connectivity index (χ3n) is 5.61. The maximum absolute atomic E-state index is 14.1. The van der Waals surface area contributed by atoms with E-state index in [0.29, 0.717) is 11.1 Å². The van der Waals surface area contributed by atoms with E-state index in [2.05, 4.69) is 20.6 Å². The van der Waals surface area contributed by atoms with Gasteiger partial charge < -0.3 is 5.32 Å². The lowest BCUT2D eigenvalue weighted by molar-refractivity contribution is -0.161. The van der Waals surface area contributed by atoms with Crippen LogP contribution >= 0.6 is 0 Å². The van der Waals surface area contributed by atoms with Gasteiger partial charge in [-0.1, -0.05) is 68.4 Å². The number of amides is 1. The minimum absolute atomic E-state index is 0.0224. The van der Waals surface area contributed by atoms with E-state index in [9.17, 15) is 23.2 Å². The number of alkyl halides is 3. The zero-order chi connectivity index (χ0) is 26.1. The van der Waals surface area contributed by atoms with Gasteiger partial charge in [-0.2, -0.15) is 18.4 Å². The summed E-state index contributed by atoms with van der Waals surface area (Å²) in [5.74, 6) is -0.698. The highest BCUT2D eigenvalue weighted by atomic mass is 19.4. The van der Waals surface area contributed by atoms with Gasteiger partial charge >= 0.3 is 6.18 Å². The molecule has 0 fully saturated rings. The van der Waals surface area contributed by atoms with Crippen LogP contribution in [0.2, 0.25) is 0 Å². The number of rotatable bonds is 10. The Morgan fingerprint density at radius 2 is 1.64 bits per heavy atom. The third-order valence-corrected chi connectivity index (χ3v) is 5.61. The van der Waals surface area contributed by atoms with E-state index in [4.69, 9.17) is 0 Å². The molecule has 3 atom stereocenters. The van der Waals surface area contributed by atoms with Crippen molar-refractivity contribution in [3.8, 4) is 17.2 Å². The first kappa shape index (κ1) is 26.8. The summed E-state index contributed by atoms with van der Waals surface area (Å²) < 4.78 is 42.4. The lowest BCUT2D eigenvalue weighted by Crippen LogP contribution is -2.51. The van der Waals surface area contributed by atoms with Crippen LogP contribution in [0.4, 0.5) is 13.2 Å². The van der Waals surface area contributed by atoms with Gasteiger partial charge in [-0.3, -0.25) is 10.1 Å². The van der Waals surface area contributed by atoms with Crippen LogP contribution in [-0.4, -0.2) is 34.1 Å².